The number of anilines is 1. The molecule has 0 heterocycles. The Labute approximate surface area is 149 Å². The van der Waals surface area contributed by atoms with Gasteiger partial charge in [0.25, 0.3) is 0 Å². The molecule has 24 heavy (non-hydrogen) atoms. The molecule has 0 fully saturated rings. The number of carbonyl (C=O) groups is 2. The summed E-state index contributed by atoms with van der Waals surface area (Å²) >= 11 is 3.35. The zero-order valence-corrected chi connectivity index (χ0v) is 15.0. The topological polar surface area (TPSA) is 70.6 Å². The summed E-state index contributed by atoms with van der Waals surface area (Å²) in [5, 5.41) is 6.42. The van der Waals surface area contributed by atoms with Crippen LogP contribution in [0.25, 0.3) is 0 Å². The largest absolute Gasteiger partial charge is 0.329 e. The van der Waals surface area contributed by atoms with Crippen molar-refractivity contribution in [2.24, 2.45) is 5.10 Å². The minimum atomic E-state index is -0.811. The fourth-order valence-electron chi connectivity index (χ4n) is 2.05. The zero-order chi connectivity index (χ0) is 17.5. The van der Waals surface area contributed by atoms with E-state index in [1.165, 1.54) is 0 Å². The van der Waals surface area contributed by atoms with E-state index in [9.17, 15) is 9.59 Å². The highest BCUT2D eigenvalue weighted by molar-refractivity contribution is 9.10. The Morgan fingerprint density at radius 3 is 2.50 bits per heavy atom. The zero-order valence-electron chi connectivity index (χ0n) is 13.4. The predicted molar refractivity (Wildman–Crippen MR) is 99.0 cm³/mol. The molecule has 0 bridgehead atoms. The van der Waals surface area contributed by atoms with Gasteiger partial charge in [-0.1, -0.05) is 53.2 Å². The van der Waals surface area contributed by atoms with Gasteiger partial charge in [-0.15, -0.1) is 0 Å². The normalized spacial score (nSPS) is 12.0. The van der Waals surface area contributed by atoms with E-state index in [0.29, 0.717) is 5.69 Å². The van der Waals surface area contributed by atoms with E-state index in [4.69, 9.17) is 0 Å². The van der Waals surface area contributed by atoms with Crippen LogP contribution in [0.1, 0.15) is 24.0 Å². The Kier molecular flexibility index (Phi) is 6.26. The Hall–Kier alpha value is -2.47. The predicted octanol–water partition coefficient (Wildman–Crippen LogP) is 3.60. The first-order chi connectivity index (χ1) is 11.5. The van der Waals surface area contributed by atoms with Gasteiger partial charge in [0.2, 0.25) is 0 Å². The first kappa shape index (κ1) is 17.9. The van der Waals surface area contributed by atoms with E-state index in [0.717, 1.165) is 15.6 Å². The highest BCUT2D eigenvalue weighted by Crippen LogP contribution is 2.19. The van der Waals surface area contributed by atoms with Gasteiger partial charge in [0.1, 0.15) is 0 Å². The second-order valence-electron chi connectivity index (χ2n) is 5.33. The second kappa shape index (κ2) is 8.40. The number of nitrogens with zero attached hydrogens (tertiary/aromatic N) is 1. The first-order valence-electron chi connectivity index (χ1n) is 7.43. The van der Waals surface area contributed by atoms with Crippen LogP contribution in [0.4, 0.5) is 5.69 Å². The molecule has 2 rings (SSSR count). The van der Waals surface area contributed by atoms with E-state index in [-0.39, 0.29) is 5.92 Å². The second-order valence-corrected chi connectivity index (χ2v) is 6.25. The number of hydrazone groups is 1. The van der Waals surface area contributed by atoms with Crippen molar-refractivity contribution in [2.75, 3.05) is 5.32 Å². The van der Waals surface area contributed by atoms with Crippen molar-refractivity contribution < 1.29 is 9.59 Å². The molecule has 0 aliphatic rings. The molecule has 6 heteroatoms. The van der Waals surface area contributed by atoms with Gasteiger partial charge < -0.3 is 5.32 Å². The molecule has 1 unspecified atom stereocenters. The van der Waals surface area contributed by atoms with E-state index < -0.39 is 11.8 Å². The Morgan fingerprint density at radius 1 is 1.12 bits per heavy atom. The number of aryl methyl sites for hydroxylation is 1. The third-order valence-electron chi connectivity index (χ3n) is 3.43. The van der Waals surface area contributed by atoms with Crippen LogP contribution in [0.3, 0.4) is 0 Å². The van der Waals surface area contributed by atoms with Crippen molar-refractivity contribution in [3.05, 3.63) is 64.1 Å². The number of amides is 2. The van der Waals surface area contributed by atoms with Gasteiger partial charge in [0.05, 0.1) is 0 Å². The van der Waals surface area contributed by atoms with E-state index in [1.807, 2.05) is 50.2 Å². The van der Waals surface area contributed by atoms with Crippen LogP contribution >= 0.6 is 15.9 Å². The van der Waals surface area contributed by atoms with Crippen LogP contribution in [0, 0.1) is 6.92 Å². The average molecular weight is 388 g/mol. The molecular formula is C18H18BrN3O2. The fourth-order valence-corrected chi connectivity index (χ4v) is 2.52. The molecule has 0 spiro atoms. The molecule has 124 valence electrons. The Bertz CT molecular complexity index is 760. The summed E-state index contributed by atoms with van der Waals surface area (Å²) in [4.78, 5) is 23.7. The van der Waals surface area contributed by atoms with Crippen molar-refractivity contribution >= 4 is 39.6 Å². The van der Waals surface area contributed by atoms with Crippen LogP contribution in [-0.2, 0) is 9.59 Å². The third kappa shape index (κ3) is 5.03. The number of benzene rings is 2. The molecular weight excluding hydrogens is 370 g/mol. The van der Waals surface area contributed by atoms with Crippen LogP contribution in [0.2, 0.25) is 0 Å². The summed E-state index contributed by atoms with van der Waals surface area (Å²) in [6, 6.07) is 15.1. The number of hydrogen-bond donors (Lipinski definition) is 2. The maximum Gasteiger partial charge on any atom is 0.329 e. The monoisotopic (exact) mass is 387 g/mol. The summed E-state index contributed by atoms with van der Waals surface area (Å²) in [6.07, 6.45) is 1.59. The van der Waals surface area contributed by atoms with Gasteiger partial charge >= 0.3 is 11.8 Å². The number of hydrogen-bond acceptors (Lipinski definition) is 3. The summed E-state index contributed by atoms with van der Waals surface area (Å²) in [6.45, 7) is 3.80. The van der Waals surface area contributed by atoms with Crippen molar-refractivity contribution in [3.8, 4) is 0 Å². The molecule has 2 N–H and O–H groups in total. The number of nitrogens with one attached hydrogen (secondary N) is 2. The van der Waals surface area contributed by atoms with E-state index in [1.54, 1.807) is 18.3 Å². The third-order valence-corrected chi connectivity index (χ3v) is 3.93. The van der Waals surface area contributed by atoms with Gasteiger partial charge in [0, 0.05) is 22.3 Å². The molecule has 5 nitrogen and oxygen atoms in total. The average Bonchev–Trinajstić information content (AvgIpc) is 2.57. The molecule has 0 saturated heterocycles. The minimum absolute atomic E-state index is 0.0308. The van der Waals surface area contributed by atoms with Gasteiger partial charge in [-0.2, -0.15) is 5.10 Å². The van der Waals surface area contributed by atoms with E-state index in [2.05, 4.69) is 31.8 Å². The summed E-state index contributed by atoms with van der Waals surface area (Å²) in [5.41, 5.74) is 4.75. The lowest BCUT2D eigenvalue weighted by Gasteiger charge is -2.08. The lowest BCUT2D eigenvalue weighted by molar-refractivity contribution is -0.136. The minimum Gasteiger partial charge on any atom is -0.317 e. The molecule has 2 aromatic rings. The smallest absolute Gasteiger partial charge is 0.317 e. The number of halogens is 1. The van der Waals surface area contributed by atoms with Gasteiger partial charge in [-0.25, -0.2) is 5.43 Å². The molecule has 2 aromatic carbocycles. The molecule has 0 aliphatic heterocycles. The van der Waals surface area contributed by atoms with Crippen LogP contribution in [0.15, 0.2) is 58.1 Å². The van der Waals surface area contributed by atoms with Gasteiger partial charge in [-0.05, 0) is 36.2 Å². The SMILES string of the molecule is Cc1cc(Br)ccc1NC(=O)C(=O)NN=CC(C)c1ccccc1. The van der Waals surface area contributed by atoms with Crippen LogP contribution < -0.4 is 10.7 Å². The van der Waals surface area contributed by atoms with Crippen LogP contribution in [-0.4, -0.2) is 18.0 Å². The Balaban J connectivity index is 1.90. The van der Waals surface area contributed by atoms with Crippen molar-refractivity contribution in [3.63, 3.8) is 0 Å². The molecule has 0 aliphatic carbocycles. The number of rotatable bonds is 4. The van der Waals surface area contributed by atoms with Crippen LogP contribution in [0.5, 0.6) is 0 Å². The van der Waals surface area contributed by atoms with Crippen molar-refractivity contribution in [1.82, 2.24) is 5.43 Å². The van der Waals surface area contributed by atoms with Crippen molar-refractivity contribution in [1.29, 1.82) is 0 Å². The van der Waals surface area contributed by atoms with Crippen molar-refractivity contribution in [2.45, 2.75) is 19.8 Å². The quantitative estimate of drug-likeness (QED) is 0.477. The molecule has 2 amide bonds. The van der Waals surface area contributed by atoms with E-state index >= 15 is 0 Å². The lowest BCUT2D eigenvalue weighted by atomic mass is 10.0. The first-order valence-corrected chi connectivity index (χ1v) is 8.22. The number of carbonyl (C=O) groups excluding carboxylic acids is 2. The molecule has 0 radical (unpaired) electrons. The molecule has 0 aromatic heterocycles. The molecule has 1 atom stereocenters. The summed E-state index contributed by atoms with van der Waals surface area (Å²) in [5.74, 6) is -1.54. The summed E-state index contributed by atoms with van der Waals surface area (Å²) in [7, 11) is 0. The highest BCUT2D eigenvalue weighted by atomic mass is 79.9. The fraction of sp³-hybridized carbons (Fsp3) is 0.167. The highest BCUT2D eigenvalue weighted by Gasteiger charge is 2.14. The molecule has 0 saturated carbocycles. The summed E-state index contributed by atoms with van der Waals surface area (Å²) < 4.78 is 0.905. The Morgan fingerprint density at radius 2 is 1.83 bits per heavy atom. The lowest BCUT2D eigenvalue weighted by Crippen LogP contribution is -2.32. The standard InChI is InChI=1S/C18H18BrN3O2/c1-12-10-15(19)8-9-16(12)21-17(23)18(24)22-20-11-13(2)14-6-4-3-5-7-14/h3-11,13H,1-2H3,(H,21,23)(H,22,24). The van der Waals surface area contributed by atoms with Gasteiger partial charge in [-0.3, -0.25) is 9.59 Å². The van der Waals surface area contributed by atoms with Gasteiger partial charge in [0.15, 0.2) is 0 Å². The maximum absolute atomic E-state index is 11.9. The maximum atomic E-state index is 11.9.